The third-order valence-corrected chi connectivity index (χ3v) is 2.04. The van der Waals surface area contributed by atoms with Crippen LogP contribution in [-0.2, 0) is 25.9 Å². The van der Waals surface area contributed by atoms with Crippen LogP contribution in [0.2, 0.25) is 0 Å². The first-order valence-electron chi connectivity index (χ1n) is 5.61. The van der Waals surface area contributed by atoms with Crippen molar-refractivity contribution in [2.75, 3.05) is 13.7 Å². The zero-order valence-electron chi connectivity index (χ0n) is 10.5. The van der Waals surface area contributed by atoms with Gasteiger partial charge >= 0.3 is 5.97 Å². The van der Waals surface area contributed by atoms with E-state index in [1.165, 1.54) is 7.11 Å². The molecule has 0 aliphatic rings. The van der Waals surface area contributed by atoms with Gasteiger partial charge in [0.15, 0.2) is 0 Å². The Morgan fingerprint density at radius 3 is 2.41 bits per heavy atom. The van der Waals surface area contributed by atoms with Gasteiger partial charge in [-0.25, -0.2) is 0 Å². The van der Waals surface area contributed by atoms with Crippen LogP contribution in [0.15, 0.2) is 30.3 Å². The molecule has 95 valence electrons. The maximum absolute atomic E-state index is 12.1. The molecule has 0 aromatic heterocycles. The van der Waals surface area contributed by atoms with Crippen LogP contribution in [0, 0.1) is 0 Å². The maximum Gasteiger partial charge on any atom is 0.336 e. The molecule has 0 fully saturated rings. The molecule has 0 bridgehead atoms. The van der Waals surface area contributed by atoms with Crippen LogP contribution in [0.4, 0.5) is 0 Å². The highest BCUT2D eigenvalue weighted by Crippen LogP contribution is 2.16. The number of methoxy groups -OCH3 is 1. The van der Waals surface area contributed by atoms with Gasteiger partial charge in [0.05, 0.1) is 12.7 Å². The zero-order valence-corrected chi connectivity index (χ0v) is 10.5. The summed E-state index contributed by atoms with van der Waals surface area (Å²) in [5.41, 5.74) is 0.927. The van der Waals surface area contributed by atoms with Crippen molar-refractivity contribution in [2.24, 2.45) is 0 Å². The van der Waals surface area contributed by atoms with Gasteiger partial charge in [-0.3, -0.25) is 0 Å². The highest BCUT2D eigenvalue weighted by Gasteiger charge is 2.33. The van der Waals surface area contributed by atoms with E-state index in [2.05, 4.69) is 0 Å². The van der Waals surface area contributed by atoms with E-state index in [0.717, 1.165) is 5.56 Å². The molecule has 0 saturated carbocycles. The van der Waals surface area contributed by atoms with Crippen LogP contribution < -0.4 is 0 Å². The number of ether oxygens (including phenoxy) is 3. The number of benzene rings is 1. The summed E-state index contributed by atoms with van der Waals surface area (Å²) in [4.78, 5) is 0. The molecule has 0 heterocycles. The Hall–Kier alpha value is -0.940. The third-order valence-electron chi connectivity index (χ3n) is 2.04. The minimum Gasteiger partial charge on any atom is -0.376 e. The average molecular weight is 239 g/mol. The van der Waals surface area contributed by atoms with Crippen LogP contribution in [0.5, 0.6) is 0 Å². The van der Waals surface area contributed by atoms with Crippen LogP contribution in [-0.4, -0.2) is 25.8 Å². The monoisotopic (exact) mass is 239 g/mol. The van der Waals surface area contributed by atoms with Gasteiger partial charge in [0.1, 0.15) is 6.61 Å². The van der Waals surface area contributed by atoms with Crippen molar-refractivity contribution in [3.8, 4) is 0 Å². The molecule has 1 rings (SSSR count). The zero-order chi connectivity index (χ0) is 12.7. The molecule has 1 radical (unpaired) electrons. The molecule has 0 amide bonds. The van der Waals surface area contributed by atoms with Crippen molar-refractivity contribution < 1.29 is 19.3 Å². The van der Waals surface area contributed by atoms with E-state index in [1.54, 1.807) is 13.8 Å². The third kappa shape index (κ3) is 5.28. The predicted molar refractivity (Wildman–Crippen MR) is 62.7 cm³/mol. The van der Waals surface area contributed by atoms with Gasteiger partial charge in [-0.15, -0.1) is 0 Å². The van der Waals surface area contributed by atoms with Crippen molar-refractivity contribution >= 4 is 0 Å². The lowest BCUT2D eigenvalue weighted by Crippen LogP contribution is -2.41. The second-order valence-corrected chi connectivity index (χ2v) is 4.06. The van der Waals surface area contributed by atoms with Gasteiger partial charge in [0.25, 0.3) is 0 Å². The lowest BCUT2D eigenvalue weighted by atomic mass is 10.2. The summed E-state index contributed by atoms with van der Waals surface area (Å²) in [6, 6.07) is 9.48. The molecular formula is C13H19O4. The number of hydrogen-bond acceptors (Lipinski definition) is 3. The molecule has 0 saturated heterocycles. The maximum atomic E-state index is 12.1. The van der Waals surface area contributed by atoms with E-state index in [-0.39, 0.29) is 19.3 Å². The lowest BCUT2D eigenvalue weighted by Gasteiger charge is -2.27. The summed E-state index contributed by atoms with van der Waals surface area (Å²) in [6.45, 7) is 3.64. The van der Waals surface area contributed by atoms with Crippen molar-refractivity contribution in [2.45, 2.75) is 32.5 Å². The quantitative estimate of drug-likeness (QED) is 0.686. The van der Waals surface area contributed by atoms with Crippen molar-refractivity contribution in [3.63, 3.8) is 0 Å². The van der Waals surface area contributed by atoms with Crippen molar-refractivity contribution in [1.82, 2.24) is 0 Å². The van der Waals surface area contributed by atoms with Crippen molar-refractivity contribution in [1.29, 1.82) is 0 Å². The fourth-order valence-corrected chi connectivity index (χ4v) is 1.41. The Morgan fingerprint density at radius 2 is 1.88 bits per heavy atom. The molecule has 0 aliphatic carbocycles. The average Bonchev–Trinajstić information content (AvgIpc) is 2.27. The first-order valence-corrected chi connectivity index (χ1v) is 5.61. The molecule has 1 atom stereocenters. The number of hydrogen-bond donors (Lipinski definition) is 0. The Labute approximate surface area is 102 Å². The van der Waals surface area contributed by atoms with Crippen LogP contribution in [0.1, 0.15) is 19.4 Å². The van der Waals surface area contributed by atoms with Gasteiger partial charge in [0.2, 0.25) is 0 Å². The largest absolute Gasteiger partial charge is 0.376 e. The summed E-state index contributed by atoms with van der Waals surface area (Å²) in [5, 5.41) is 12.1. The van der Waals surface area contributed by atoms with E-state index in [4.69, 9.17) is 14.2 Å². The Balaban J connectivity index is 2.55. The Bertz CT molecular complexity index is 312. The standard InChI is InChI=1S/C13H19O4/c1-11(2)17-13(14,10-15-3)16-9-12-7-5-4-6-8-12/h4-8,11H,9-10H2,1-3H3. The summed E-state index contributed by atoms with van der Waals surface area (Å²) in [6.07, 6.45) is -0.210. The summed E-state index contributed by atoms with van der Waals surface area (Å²) in [7, 11) is 1.45. The molecule has 1 aromatic carbocycles. The molecule has 17 heavy (non-hydrogen) atoms. The van der Waals surface area contributed by atoms with Crippen LogP contribution >= 0.6 is 0 Å². The van der Waals surface area contributed by atoms with E-state index in [9.17, 15) is 5.11 Å². The van der Waals surface area contributed by atoms with Gasteiger partial charge in [0, 0.05) is 7.11 Å². The molecular weight excluding hydrogens is 220 g/mol. The van der Waals surface area contributed by atoms with E-state index in [1.807, 2.05) is 30.3 Å². The summed E-state index contributed by atoms with van der Waals surface area (Å²) in [5.74, 6) is -1.95. The highest BCUT2D eigenvalue weighted by molar-refractivity contribution is 5.13. The molecule has 1 aromatic rings. The molecule has 0 aliphatic heterocycles. The first-order chi connectivity index (χ1) is 8.06. The van der Waals surface area contributed by atoms with Gasteiger partial charge in [-0.1, -0.05) is 30.3 Å². The Morgan fingerprint density at radius 1 is 1.24 bits per heavy atom. The highest BCUT2D eigenvalue weighted by atomic mass is 16.8. The van der Waals surface area contributed by atoms with Gasteiger partial charge in [-0.05, 0) is 19.4 Å². The number of rotatable bonds is 7. The smallest absolute Gasteiger partial charge is 0.336 e. The van der Waals surface area contributed by atoms with E-state index >= 15 is 0 Å². The minimum absolute atomic E-state index is 0.141. The fourth-order valence-electron chi connectivity index (χ4n) is 1.41. The van der Waals surface area contributed by atoms with E-state index < -0.39 is 5.97 Å². The second-order valence-electron chi connectivity index (χ2n) is 4.06. The first kappa shape index (κ1) is 14.1. The molecule has 4 heteroatoms. The second kappa shape index (κ2) is 6.71. The molecule has 1 unspecified atom stereocenters. The van der Waals surface area contributed by atoms with Gasteiger partial charge in [-0.2, -0.15) is 5.11 Å². The van der Waals surface area contributed by atoms with Crippen LogP contribution in [0.25, 0.3) is 0 Å². The fraction of sp³-hybridized carbons (Fsp3) is 0.538. The van der Waals surface area contributed by atoms with Gasteiger partial charge < -0.3 is 14.2 Å². The van der Waals surface area contributed by atoms with Crippen LogP contribution in [0.3, 0.4) is 0 Å². The van der Waals surface area contributed by atoms with Crippen molar-refractivity contribution in [3.05, 3.63) is 35.9 Å². The topological polar surface area (TPSA) is 47.6 Å². The predicted octanol–water partition coefficient (Wildman–Crippen LogP) is 2.36. The summed E-state index contributed by atoms with van der Waals surface area (Å²) >= 11 is 0. The minimum atomic E-state index is -1.95. The van der Waals surface area contributed by atoms with E-state index in [0.29, 0.717) is 0 Å². The molecule has 0 N–H and O–H groups in total. The summed E-state index contributed by atoms with van der Waals surface area (Å²) < 4.78 is 15.3. The molecule has 0 spiro atoms. The normalized spacial score (nSPS) is 14.9. The lowest BCUT2D eigenvalue weighted by molar-refractivity contribution is -0.414. The molecule has 4 nitrogen and oxygen atoms in total. The Kier molecular flexibility index (Phi) is 5.58. The SMILES string of the molecule is COCC([O])(OCc1ccccc1)OC(C)C.